The van der Waals surface area contributed by atoms with Crippen molar-refractivity contribution in [3.63, 3.8) is 0 Å². The quantitative estimate of drug-likeness (QED) is 0.730. The van der Waals surface area contributed by atoms with Gasteiger partial charge in [0.2, 0.25) is 0 Å². The van der Waals surface area contributed by atoms with Gasteiger partial charge in [-0.15, -0.1) is 0 Å². The minimum absolute atomic E-state index is 0.707. The maximum Gasteiger partial charge on any atom is 0.0193 e. The van der Waals surface area contributed by atoms with Crippen molar-refractivity contribution in [3.05, 3.63) is 0 Å². The lowest BCUT2D eigenvalue weighted by Gasteiger charge is -2.30. The van der Waals surface area contributed by atoms with Crippen molar-refractivity contribution >= 4 is 0 Å². The zero-order valence-electron chi connectivity index (χ0n) is 10.8. The third-order valence-corrected chi connectivity index (χ3v) is 3.65. The van der Waals surface area contributed by atoms with E-state index in [1.54, 1.807) is 0 Å². The van der Waals surface area contributed by atoms with Crippen LogP contribution in [0.2, 0.25) is 0 Å². The lowest BCUT2D eigenvalue weighted by atomic mass is 9.85. The monoisotopic (exact) mass is 212 g/mol. The minimum Gasteiger partial charge on any atom is -0.315 e. The average Bonchev–Trinajstić information content (AvgIpc) is 2.18. The van der Waals surface area contributed by atoms with Gasteiger partial charge < -0.3 is 10.6 Å². The summed E-state index contributed by atoms with van der Waals surface area (Å²) < 4.78 is 0. The van der Waals surface area contributed by atoms with Crippen molar-refractivity contribution in [1.29, 1.82) is 0 Å². The Kier molecular flexibility index (Phi) is 5.62. The first-order chi connectivity index (χ1) is 7.11. The summed E-state index contributed by atoms with van der Waals surface area (Å²) in [7, 11) is 0. The second-order valence-electron chi connectivity index (χ2n) is 5.60. The van der Waals surface area contributed by atoms with Gasteiger partial charge >= 0.3 is 0 Å². The standard InChI is InChI=1S/C13H28N2/c1-10(2)13(11(3)4)9-15-12-6-5-7-14-8-12/h10-15H,5-9H2,1-4H3. The van der Waals surface area contributed by atoms with Gasteiger partial charge in [-0.1, -0.05) is 27.7 Å². The van der Waals surface area contributed by atoms with Crippen LogP contribution < -0.4 is 10.6 Å². The van der Waals surface area contributed by atoms with E-state index in [4.69, 9.17) is 0 Å². The molecular formula is C13H28N2. The number of piperidine rings is 1. The van der Waals surface area contributed by atoms with E-state index in [0.717, 1.165) is 24.3 Å². The van der Waals surface area contributed by atoms with E-state index in [-0.39, 0.29) is 0 Å². The molecule has 90 valence electrons. The van der Waals surface area contributed by atoms with Crippen molar-refractivity contribution in [1.82, 2.24) is 10.6 Å². The Bertz CT molecular complexity index is 152. The molecule has 0 radical (unpaired) electrons. The lowest BCUT2D eigenvalue weighted by molar-refractivity contribution is 0.255. The highest BCUT2D eigenvalue weighted by molar-refractivity contribution is 4.78. The van der Waals surface area contributed by atoms with Gasteiger partial charge in [0.05, 0.1) is 0 Å². The van der Waals surface area contributed by atoms with Crippen molar-refractivity contribution in [2.24, 2.45) is 17.8 Å². The van der Waals surface area contributed by atoms with Gasteiger partial charge in [-0.3, -0.25) is 0 Å². The van der Waals surface area contributed by atoms with Gasteiger partial charge in [0, 0.05) is 12.6 Å². The molecule has 2 heteroatoms. The van der Waals surface area contributed by atoms with E-state index in [0.29, 0.717) is 6.04 Å². The van der Waals surface area contributed by atoms with Crippen molar-refractivity contribution < 1.29 is 0 Å². The average molecular weight is 212 g/mol. The lowest BCUT2D eigenvalue weighted by Crippen LogP contribution is -2.45. The molecule has 1 fully saturated rings. The fourth-order valence-corrected chi connectivity index (χ4v) is 2.57. The summed E-state index contributed by atoms with van der Waals surface area (Å²) in [5.41, 5.74) is 0. The summed E-state index contributed by atoms with van der Waals surface area (Å²) in [5.74, 6) is 2.38. The second-order valence-corrected chi connectivity index (χ2v) is 5.60. The fraction of sp³-hybridized carbons (Fsp3) is 1.00. The molecule has 1 rings (SSSR count). The molecule has 1 heterocycles. The van der Waals surface area contributed by atoms with E-state index in [1.807, 2.05) is 0 Å². The van der Waals surface area contributed by atoms with E-state index >= 15 is 0 Å². The van der Waals surface area contributed by atoms with E-state index in [9.17, 15) is 0 Å². The maximum absolute atomic E-state index is 3.72. The first-order valence-electron chi connectivity index (χ1n) is 6.55. The van der Waals surface area contributed by atoms with Crippen LogP contribution >= 0.6 is 0 Å². The zero-order valence-corrected chi connectivity index (χ0v) is 10.8. The normalized spacial score (nSPS) is 23.0. The van der Waals surface area contributed by atoms with E-state index in [2.05, 4.69) is 38.3 Å². The summed E-state index contributed by atoms with van der Waals surface area (Å²) in [5, 5.41) is 7.18. The molecule has 0 aromatic carbocycles. The van der Waals surface area contributed by atoms with Crippen molar-refractivity contribution in [2.75, 3.05) is 19.6 Å². The molecule has 1 aliphatic heterocycles. The molecule has 1 atom stereocenters. The predicted octanol–water partition coefficient (Wildman–Crippen LogP) is 2.26. The Hall–Kier alpha value is -0.0800. The number of hydrogen-bond acceptors (Lipinski definition) is 2. The Morgan fingerprint density at radius 1 is 1.20 bits per heavy atom. The van der Waals surface area contributed by atoms with Crippen LogP contribution in [0, 0.1) is 17.8 Å². The number of hydrogen-bond donors (Lipinski definition) is 2. The Morgan fingerprint density at radius 3 is 2.33 bits per heavy atom. The van der Waals surface area contributed by atoms with E-state index < -0.39 is 0 Å². The summed E-state index contributed by atoms with van der Waals surface area (Å²) in [4.78, 5) is 0. The molecule has 1 saturated heterocycles. The van der Waals surface area contributed by atoms with Crippen LogP contribution in [0.5, 0.6) is 0 Å². The first-order valence-corrected chi connectivity index (χ1v) is 6.55. The fourth-order valence-electron chi connectivity index (χ4n) is 2.57. The van der Waals surface area contributed by atoms with E-state index in [1.165, 1.54) is 25.9 Å². The van der Waals surface area contributed by atoms with Gasteiger partial charge in [0.15, 0.2) is 0 Å². The van der Waals surface area contributed by atoms with Crippen molar-refractivity contribution in [3.8, 4) is 0 Å². The Morgan fingerprint density at radius 2 is 1.87 bits per heavy atom. The summed E-state index contributed by atoms with van der Waals surface area (Å²) in [6.07, 6.45) is 2.67. The summed E-state index contributed by atoms with van der Waals surface area (Å²) >= 11 is 0. The van der Waals surface area contributed by atoms with Gasteiger partial charge in [-0.2, -0.15) is 0 Å². The molecule has 1 unspecified atom stereocenters. The smallest absolute Gasteiger partial charge is 0.0193 e. The molecule has 0 bridgehead atoms. The topological polar surface area (TPSA) is 24.1 Å². The highest BCUT2D eigenvalue weighted by Crippen LogP contribution is 2.19. The Balaban J connectivity index is 2.26. The second kappa shape index (κ2) is 6.49. The van der Waals surface area contributed by atoms with Crippen LogP contribution in [0.4, 0.5) is 0 Å². The molecule has 0 saturated carbocycles. The van der Waals surface area contributed by atoms with Crippen LogP contribution in [-0.4, -0.2) is 25.7 Å². The van der Waals surface area contributed by atoms with Crippen LogP contribution in [0.1, 0.15) is 40.5 Å². The molecule has 2 N–H and O–H groups in total. The summed E-state index contributed by atoms with van der Waals surface area (Å²) in [6, 6.07) is 0.707. The highest BCUT2D eigenvalue weighted by Gasteiger charge is 2.19. The number of rotatable bonds is 5. The van der Waals surface area contributed by atoms with Crippen LogP contribution in [0.25, 0.3) is 0 Å². The zero-order chi connectivity index (χ0) is 11.3. The maximum atomic E-state index is 3.72. The molecule has 0 spiro atoms. The minimum atomic E-state index is 0.707. The highest BCUT2D eigenvalue weighted by atomic mass is 15.0. The largest absolute Gasteiger partial charge is 0.315 e. The molecule has 1 aliphatic rings. The van der Waals surface area contributed by atoms with Crippen molar-refractivity contribution in [2.45, 2.75) is 46.6 Å². The molecule has 0 aromatic heterocycles. The van der Waals surface area contributed by atoms with Crippen LogP contribution in [0.15, 0.2) is 0 Å². The molecule has 0 amide bonds. The molecule has 2 nitrogen and oxygen atoms in total. The first kappa shape index (κ1) is 13.0. The van der Waals surface area contributed by atoms with Gasteiger partial charge in [-0.05, 0) is 43.7 Å². The molecule has 15 heavy (non-hydrogen) atoms. The molecular weight excluding hydrogens is 184 g/mol. The predicted molar refractivity (Wildman–Crippen MR) is 67.1 cm³/mol. The van der Waals surface area contributed by atoms with Gasteiger partial charge in [-0.25, -0.2) is 0 Å². The Labute approximate surface area is 95.2 Å². The SMILES string of the molecule is CC(C)C(CNC1CCCNC1)C(C)C. The van der Waals surface area contributed by atoms with Crippen LogP contribution in [-0.2, 0) is 0 Å². The number of nitrogens with one attached hydrogen (secondary N) is 2. The van der Waals surface area contributed by atoms with Gasteiger partial charge in [0.1, 0.15) is 0 Å². The van der Waals surface area contributed by atoms with Gasteiger partial charge in [0.25, 0.3) is 0 Å². The third-order valence-electron chi connectivity index (χ3n) is 3.65. The molecule has 0 aromatic rings. The van der Waals surface area contributed by atoms with Crippen LogP contribution in [0.3, 0.4) is 0 Å². The summed E-state index contributed by atoms with van der Waals surface area (Å²) in [6.45, 7) is 12.9. The molecule has 0 aliphatic carbocycles. The third kappa shape index (κ3) is 4.52.